The van der Waals surface area contributed by atoms with Crippen LogP contribution in [-0.4, -0.2) is 4.57 Å². The zero-order valence-corrected chi connectivity index (χ0v) is 13.3. The van der Waals surface area contributed by atoms with Crippen molar-refractivity contribution in [3.8, 4) is 0 Å². The Labute approximate surface area is 126 Å². The molecule has 0 amide bonds. The molecular weight excluding hydrogens is 260 g/mol. The SMILES string of the molecule is CC(C)Cc1ccc(C(C)Nc2ccc(=O)n(C)c2)cc1. The van der Waals surface area contributed by atoms with Crippen LogP contribution in [0.4, 0.5) is 5.69 Å². The van der Waals surface area contributed by atoms with Gasteiger partial charge in [0, 0.05) is 25.4 Å². The first-order chi connectivity index (χ1) is 9.95. The topological polar surface area (TPSA) is 34.0 Å². The van der Waals surface area contributed by atoms with Crippen molar-refractivity contribution < 1.29 is 0 Å². The molecule has 1 heterocycles. The quantitative estimate of drug-likeness (QED) is 0.907. The Bertz CT molecular complexity index is 641. The van der Waals surface area contributed by atoms with E-state index in [0.717, 1.165) is 12.1 Å². The van der Waals surface area contributed by atoms with Crippen LogP contribution in [0.2, 0.25) is 0 Å². The third-order valence-electron chi connectivity index (χ3n) is 3.59. The maximum atomic E-state index is 11.4. The van der Waals surface area contributed by atoms with Crippen LogP contribution < -0.4 is 10.9 Å². The minimum absolute atomic E-state index is 0.00578. The van der Waals surface area contributed by atoms with Crippen molar-refractivity contribution in [3.63, 3.8) is 0 Å². The van der Waals surface area contributed by atoms with Crippen molar-refractivity contribution in [3.05, 3.63) is 64.1 Å². The van der Waals surface area contributed by atoms with Gasteiger partial charge in [-0.05, 0) is 36.5 Å². The second kappa shape index (κ2) is 6.61. The fraction of sp³-hybridized carbons (Fsp3) is 0.389. The van der Waals surface area contributed by atoms with Gasteiger partial charge < -0.3 is 9.88 Å². The molecule has 0 bridgehead atoms. The van der Waals surface area contributed by atoms with Crippen LogP contribution in [0.15, 0.2) is 47.4 Å². The summed E-state index contributed by atoms with van der Waals surface area (Å²) in [6.45, 7) is 6.60. The summed E-state index contributed by atoms with van der Waals surface area (Å²) in [6.07, 6.45) is 2.94. The van der Waals surface area contributed by atoms with E-state index in [1.165, 1.54) is 11.1 Å². The van der Waals surface area contributed by atoms with E-state index in [-0.39, 0.29) is 11.6 Å². The van der Waals surface area contributed by atoms with Gasteiger partial charge in [-0.2, -0.15) is 0 Å². The Morgan fingerprint density at radius 1 is 1.05 bits per heavy atom. The summed E-state index contributed by atoms with van der Waals surface area (Å²) in [4.78, 5) is 11.4. The summed E-state index contributed by atoms with van der Waals surface area (Å²) in [5.41, 5.74) is 3.58. The standard InChI is InChI=1S/C18H24N2O/c1-13(2)11-15-5-7-16(8-6-15)14(3)19-17-9-10-18(21)20(4)12-17/h5-10,12-14,19H,11H2,1-4H3. The van der Waals surface area contributed by atoms with Crippen LogP contribution >= 0.6 is 0 Å². The second-order valence-corrected chi connectivity index (χ2v) is 6.07. The summed E-state index contributed by atoms with van der Waals surface area (Å²) in [6, 6.07) is 12.4. The highest BCUT2D eigenvalue weighted by Gasteiger charge is 2.06. The second-order valence-electron chi connectivity index (χ2n) is 6.07. The smallest absolute Gasteiger partial charge is 0.250 e. The van der Waals surface area contributed by atoms with E-state index in [0.29, 0.717) is 5.92 Å². The first-order valence-electron chi connectivity index (χ1n) is 7.48. The summed E-state index contributed by atoms with van der Waals surface area (Å²) in [5.74, 6) is 0.678. The Balaban J connectivity index is 2.07. The lowest BCUT2D eigenvalue weighted by atomic mass is 10.00. The molecule has 1 aromatic heterocycles. The zero-order valence-electron chi connectivity index (χ0n) is 13.3. The van der Waals surface area contributed by atoms with Gasteiger partial charge in [-0.25, -0.2) is 0 Å². The molecule has 21 heavy (non-hydrogen) atoms. The van der Waals surface area contributed by atoms with E-state index in [2.05, 4.69) is 50.4 Å². The number of rotatable bonds is 5. The number of aryl methyl sites for hydroxylation is 1. The molecule has 0 saturated heterocycles. The highest BCUT2D eigenvalue weighted by molar-refractivity contribution is 5.43. The van der Waals surface area contributed by atoms with Crippen molar-refractivity contribution in [1.82, 2.24) is 4.57 Å². The molecule has 1 aromatic carbocycles. The minimum Gasteiger partial charge on any atom is -0.377 e. The van der Waals surface area contributed by atoms with Gasteiger partial charge in [0.25, 0.3) is 0 Å². The molecule has 0 aliphatic rings. The molecule has 0 aliphatic heterocycles. The van der Waals surface area contributed by atoms with E-state index in [1.54, 1.807) is 17.7 Å². The lowest BCUT2D eigenvalue weighted by Gasteiger charge is -2.17. The summed E-state index contributed by atoms with van der Waals surface area (Å²) < 4.78 is 1.58. The number of nitrogens with zero attached hydrogens (tertiary/aromatic N) is 1. The van der Waals surface area contributed by atoms with E-state index in [4.69, 9.17) is 0 Å². The Morgan fingerprint density at radius 3 is 2.29 bits per heavy atom. The molecule has 1 unspecified atom stereocenters. The molecule has 1 N–H and O–H groups in total. The molecule has 0 radical (unpaired) electrons. The molecule has 0 aliphatic carbocycles. The number of anilines is 1. The molecule has 2 aromatic rings. The predicted octanol–water partition coefficient (Wildman–Crippen LogP) is 3.76. The van der Waals surface area contributed by atoms with E-state index < -0.39 is 0 Å². The summed E-state index contributed by atoms with van der Waals surface area (Å²) in [5, 5.41) is 3.43. The molecular formula is C18H24N2O. The molecule has 3 nitrogen and oxygen atoms in total. The fourth-order valence-electron chi connectivity index (χ4n) is 2.43. The monoisotopic (exact) mass is 284 g/mol. The van der Waals surface area contributed by atoms with Gasteiger partial charge in [-0.15, -0.1) is 0 Å². The lowest BCUT2D eigenvalue weighted by molar-refractivity contribution is 0.647. The maximum absolute atomic E-state index is 11.4. The van der Waals surface area contributed by atoms with Crippen molar-refractivity contribution in [1.29, 1.82) is 0 Å². The number of pyridine rings is 1. The van der Waals surface area contributed by atoms with Gasteiger partial charge >= 0.3 is 0 Å². The lowest BCUT2D eigenvalue weighted by Crippen LogP contribution is -2.16. The first kappa shape index (κ1) is 15.4. The third-order valence-corrected chi connectivity index (χ3v) is 3.59. The Kier molecular flexibility index (Phi) is 4.84. The van der Waals surface area contributed by atoms with Gasteiger partial charge in [-0.1, -0.05) is 38.1 Å². The van der Waals surface area contributed by atoms with E-state index in [9.17, 15) is 4.79 Å². The van der Waals surface area contributed by atoms with E-state index in [1.807, 2.05) is 12.3 Å². The van der Waals surface area contributed by atoms with Crippen LogP contribution in [0.5, 0.6) is 0 Å². The van der Waals surface area contributed by atoms with E-state index >= 15 is 0 Å². The number of hydrogen-bond acceptors (Lipinski definition) is 2. The summed E-state index contributed by atoms with van der Waals surface area (Å²) in [7, 11) is 1.76. The number of aromatic nitrogens is 1. The van der Waals surface area contributed by atoms with Crippen LogP contribution in [0, 0.1) is 5.92 Å². The molecule has 2 rings (SSSR count). The molecule has 1 atom stereocenters. The summed E-state index contributed by atoms with van der Waals surface area (Å²) >= 11 is 0. The molecule has 0 saturated carbocycles. The van der Waals surface area contributed by atoms with Crippen molar-refractivity contribution in [2.24, 2.45) is 13.0 Å². The van der Waals surface area contributed by atoms with Gasteiger partial charge in [0.2, 0.25) is 5.56 Å². The molecule has 112 valence electrons. The number of nitrogens with one attached hydrogen (secondary N) is 1. The average molecular weight is 284 g/mol. The van der Waals surface area contributed by atoms with Crippen molar-refractivity contribution in [2.45, 2.75) is 33.2 Å². The normalized spacial score (nSPS) is 12.4. The van der Waals surface area contributed by atoms with Crippen LogP contribution in [0.3, 0.4) is 0 Å². The highest BCUT2D eigenvalue weighted by Crippen LogP contribution is 2.19. The average Bonchev–Trinajstić information content (AvgIpc) is 2.43. The highest BCUT2D eigenvalue weighted by atomic mass is 16.1. The van der Waals surface area contributed by atoms with Crippen molar-refractivity contribution in [2.75, 3.05) is 5.32 Å². The largest absolute Gasteiger partial charge is 0.377 e. The van der Waals surface area contributed by atoms with Crippen LogP contribution in [-0.2, 0) is 13.5 Å². The van der Waals surface area contributed by atoms with Crippen LogP contribution in [0.1, 0.15) is 37.9 Å². The Hall–Kier alpha value is -2.03. The van der Waals surface area contributed by atoms with Gasteiger partial charge in [0.1, 0.15) is 0 Å². The van der Waals surface area contributed by atoms with Gasteiger partial charge in [-0.3, -0.25) is 4.79 Å². The number of hydrogen-bond donors (Lipinski definition) is 1. The maximum Gasteiger partial charge on any atom is 0.250 e. The van der Waals surface area contributed by atoms with Crippen molar-refractivity contribution >= 4 is 5.69 Å². The predicted molar refractivity (Wildman–Crippen MR) is 88.7 cm³/mol. The minimum atomic E-state index is 0.00578. The van der Waals surface area contributed by atoms with Gasteiger partial charge in [0.15, 0.2) is 0 Å². The molecule has 3 heteroatoms. The Morgan fingerprint density at radius 2 is 1.71 bits per heavy atom. The molecule has 0 fully saturated rings. The van der Waals surface area contributed by atoms with Gasteiger partial charge in [0.05, 0.1) is 5.69 Å². The molecule has 0 spiro atoms. The number of benzene rings is 1. The fourth-order valence-corrected chi connectivity index (χ4v) is 2.43. The van der Waals surface area contributed by atoms with Crippen LogP contribution in [0.25, 0.3) is 0 Å². The zero-order chi connectivity index (χ0) is 15.4. The third kappa shape index (κ3) is 4.22. The first-order valence-corrected chi connectivity index (χ1v) is 7.48.